The number of guanidine groups is 1. The van der Waals surface area contributed by atoms with Crippen molar-refractivity contribution >= 4 is 29.9 Å². The molecule has 0 radical (unpaired) electrons. The van der Waals surface area contributed by atoms with Crippen LogP contribution in [0.15, 0.2) is 65.9 Å². The summed E-state index contributed by atoms with van der Waals surface area (Å²) >= 11 is 0. The Morgan fingerprint density at radius 3 is 2.54 bits per heavy atom. The Morgan fingerprint density at radius 1 is 1.07 bits per heavy atom. The summed E-state index contributed by atoms with van der Waals surface area (Å²) in [5.74, 6) is 1.75. The first-order chi connectivity index (χ1) is 13.2. The van der Waals surface area contributed by atoms with E-state index in [4.69, 9.17) is 15.2 Å². The van der Waals surface area contributed by atoms with Gasteiger partial charge in [0.05, 0.1) is 32.6 Å². The van der Waals surface area contributed by atoms with Crippen molar-refractivity contribution in [1.29, 1.82) is 0 Å². The van der Waals surface area contributed by atoms with Gasteiger partial charge < -0.3 is 20.5 Å². The molecule has 0 aliphatic carbocycles. The molecule has 3 N–H and O–H groups in total. The van der Waals surface area contributed by atoms with Gasteiger partial charge in [-0.25, -0.2) is 9.67 Å². The van der Waals surface area contributed by atoms with E-state index < -0.39 is 0 Å². The van der Waals surface area contributed by atoms with Crippen molar-refractivity contribution in [2.75, 3.05) is 14.2 Å². The van der Waals surface area contributed by atoms with Crippen LogP contribution >= 0.6 is 24.0 Å². The van der Waals surface area contributed by atoms with Crippen molar-refractivity contribution in [3.8, 4) is 17.2 Å². The molecule has 28 heavy (non-hydrogen) atoms. The predicted molar refractivity (Wildman–Crippen MR) is 121 cm³/mol. The maximum atomic E-state index is 5.97. The highest BCUT2D eigenvalue weighted by Crippen LogP contribution is 2.27. The van der Waals surface area contributed by atoms with Gasteiger partial charge in [-0.3, -0.25) is 0 Å². The van der Waals surface area contributed by atoms with Crippen molar-refractivity contribution in [1.82, 2.24) is 15.1 Å². The molecule has 0 fully saturated rings. The molecular weight excluding hydrogens is 469 g/mol. The summed E-state index contributed by atoms with van der Waals surface area (Å²) in [6.45, 7) is 0.997. The summed E-state index contributed by atoms with van der Waals surface area (Å²) in [6, 6.07) is 15.6. The Labute approximate surface area is 181 Å². The number of methoxy groups -OCH3 is 2. The first kappa shape index (κ1) is 21.5. The molecule has 3 aromatic rings. The molecule has 1 heterocycles. The molecule has 3 rings (SSSR count). The van der Waals surface area contributed by atoms with Crippen LogP contribution in [0.3, 0.4) is 0 Å². The van der Waals surface area contributed by atoms with Gasteiger partial charge in [-0.1, -0.05) is 24.3 Å². The number of halogens is 1. The van der Waals surface area contributed by atoms with Crippen LogP contribution in [0.2, 0.25) is 0 Å². The third-order valence-corrected chi connectivity index (χ3v) is 4.01. The van der Waals surface area contributed by atoms with Crippen molar-refractivity contribution in [3.05, 3.63) is 72.1 Å². The minimum Gasteiger partial charge on any atom is -0.493 e. The molecule has 0 spiro atoms. The molecule has 0 atom stereocenters. The second-order valence-corrected chi connectivity index (χ2v) is 5.87. The van der Waals surface area contributed by atoms with E-state index in [2.05, 4.69) is 15.4 Å². The second kappa shape index (κ2) is 10.5. The van der Waals surface area contributed by atoms with Crippen LogP contribution in [0, 0.1) is 0 Å². The van der Waals surface area contributed by atoms with E-state index in [9.17, 15) is 0 Å². The van der Waals surface area contributed by atoms with E-state index in [1.54, 1.807) is 20.4 Å². The van der Waals surface area contributed by atoms with E-state index in [0.29, 0.717) is 30.5 Å². The molecule has 7 nitrogen and oxygen atoms in total. The van der Waals surface area contributed by atoms with E-state index >= 15 is 0 Å². The van der Waals surface area contributed by atoms with Crippen molar-refractivity contribution in [2.45, 2.75) is 13.1 Å². The number of nitrogens with one attached hydrogen (secondary N) is 1. The number of hydrogen-bond acceptors (Lipinski definition) is 4. The number of nitrogens with zero attached hydrogens (tertiary/aromatic N) is 3. The van der Waals surface area contributed by atoms with Crippen molar-refractivity contribution in [2.24, 2.45) is 10.7 Å². The third kappa shape index (κ3) is 5.62. The highest BCUT2D eigenvalue weighted by molar-refractivity contribution is 14.0. The zero-order valence-electron chi connectivity index (χ0n) is 15.8. The van der Waals surface area contributed by atoms with Gasteiger partial charge in [0.1, 0.15) is 0 Å². The maximum absolute atomic E-state index is 5.97. The number of rotatable bonds is 7. The molecule has 1 aromatic heterocycles. The standard InChI is InChI=1S/C20H23N5O2.HI/c1-26-18-9-8-15(10-19(18)27-2)11-22-20(21)23-12-16-13-24-25(14-16)17-6-4-3-5-7-17;/h3-10,13-14H,11-12H2,1-2H3,(H3,21,22,23);1H. The van der Waals surface area contributed by atoms with Gasteiger partial charge >= 0.3 is 0 Å². The number of hydrogen-bond donors (Lipinski definition) is 2. The number of aliphatic imine (C=N–C) groups is 1. The van der Waals surface area contributed by atoms with Gasteiger partial charge in [0.2, 0.25) is 0 Å². The number of para-hydroxylation sites is 1. The Balaban J connectivity index is 0.00000280. The molecule has 0 aliphatic heterocycles. The van der Waals surface area contributed by atoms with Crippen LogP contribution in [0.25, 0.3) is 5.69 Å². The molecule has 0 bridgehead atoms. The molecule has 8 heteroatoms. The molecule has 0 unspecified atom stereocenters. The second-order valence-electron chi connectivity index (χ2n) is 5.87. The Hall–Kier alpha value is -2.75. The van der Waals surface area contributed by atoms with Crippen LogP contribution in [0.1, 0.15) is 11.1 Å². The lowest BCUT2D eigenvalue weighted by molar-refractivity contribution is 0.354. The zero-order chi connectivity index (χ0) is 19.1. The monoisotopic (exact) mass is 493 g/mol. The van der Waals surface area contributed by atoms with Crippen molar-refractivity contribution < 1.29 is 9.47 Å². The highest BCUT2D eigenvalue weighted by Gasteiger charge is 2.05. The van der Waals surface area contributed by atoms with E-state index in [1.165, 1.54) is 0 Å². The Bertz CT molecular complexity index is 912. The minimum atomic E-state index is 0. The summed E-state index contributed by atoms with van der Waals surface area (Å²) in [7, 11) is 3.22. The number of benzene rings is 2. The molecular formula is C20H24IN5O2. The van der Waals surface area contributed by atoms with Crippen molar-refractivity contribution in [3.63, 3.8) is 0 Å². The van der Waals surface area contributed by atoms with E-state index in [1.807, 2.05) is 59.4 Å². The van der Waals surface area contributed by atoms with Gasteiger partial charge in [-0.05, 0) is 29.8 Å². The third-order valence-electron chi connectivity index (χ3n) is 4.01. The lowest BCUT2D eigenvalue weighted by Crippen LogP contribution is -2.31. The fraction of sp³-hybridized carbons (Fsp3) is 0.200. The summed E-state index contributed by atoms with van der Waals surface area (Å²) in [4.78, 5) is 4.37. The molecule has 0 amide bonds. The number of aromatic nitrogens is 2. The Morgan fingerprint density at radius 2 is 1.82 bits per heavy atom. The lowest BCUT2D eigenvalue weighted by atomic mass is 10.2. The highest BCUT2D eigenvalue weighted by atomic mass is 127. The average molecular weight is 493 g/mol. The van der Waals surface area contributed by atoms with Crippen LogP contribution in [0.5, 0.6) is 11.5 Å². The maximum Gasteiger partial charge on any atom is 0.189 e. The first-order valence-electron chi connectivity index (χ1n) is 8.53. The molecule has 0 aliphatic rings. The average Bonchev–Trinajstić information content (AvgIpc) is 3.20. The summed E-state index contributed by atoms with van der Waals surface area (Å²) in [5.41, 5.74) is 8.97. The predicted octanol–water partition coefficient (Wildman–Crippen LogP) is 3.11. The smallest absolute Gasteiger partial charge is 0.189 e. The van der Waals surface area contributed by atoms with Crippen LogP contribution in [-0.4, -0.2) is 30.0 Å². The SMILES string of the molecule is COc1ccc(CNC(N)=NCc2cnn(-c3ccccc3)c2)cc1OC.I. The fourth-order valence-corrected chi connectivity index (χ4v) is 2.58. The van der Waals surface area contributed by atoms with E-state index in [-0.39, 0.29) is 24.0 Å². The van der Waals surface area contributed by atoms with E-state index in [0.717, 1.165) is 16.8 Å². The topological polar surface area (TPSA) is 86.7 Å². The van der Waals surface area contributed by atoms with Crippen LogP contribution in [-0.2, 0) is 13.1 Å². The summed E-state index contributed by atoms with van der Waals surface area (Å²) in [6.07, 6.45) is 3.73. The molecule has 2 aromatic carbocycles. The zero-order valence-corrected chi connectivity index (χ0v) is 18.2. The van der Waals surface area contributed by atoms with Crippen LogP contribution < -0.4 is 20.5 Å². The quantitative estimate of drug-likeness (QED) is 0.300. The Kier molecular flexibility index (Phi) is 8.12. The van der Waals surface area contributed by atoms with Crippen LogP contribution in [0.4, 0.5) is 0 Å². The van der Waals surface area contributed by atoms with Gasteiger partial charge in [0.15, 0.2) is 17.5 Å². The minimum absolute atomic E-state index is 0. The fourth-order valence-electron chi connectivity index (χ4n) is 2.58. The van der Waals surface area contributed by atoms with Gasteiger partial charge in [-0.15, -0.1) is 24.0 Å². The normalized spacial score (nSPS) is 10.9. The first-order valence-corrected chi connectivity index (χ1v) is 8.53. The largest absolute Gasteiger partial charge is 0.493 e. The summed E-state index contributed by atoms with van der Waals surface area (Å²) in [5, 5.41) is 7.45. The van der Waals surface area contributed by atoms with Gasteiger partial charge in [-0.2, -0.15) is 5.10 Å². The number of ether oxygens (including phenoxy) is 2. The van der Waals surface area contributed by atoms with Gasteiger partial charge in [0.25, 0.3) is 0 Å². The van der Waals surface area contributed by atoms with Gasteiger partial charge in [0, 0.05) is 18.3 Å². The number of nitrogens with two attached hydrogens (primary N) is 1. The molecule has 148 valence electrons. The molecule has 0 saturated heterocycles. The summed E-state index contributed by atoms with van der Waals surface area (Å²) < 4.78 is 12.4. The lowest BCUT2D eigenvalue weighted by Gasteiger charge is -2.10. The molecule has 0 saturated carbocycles.